The minimum Gasteiger partial charge on any atom is -0.372 e. The zero-order chi connectivity index (χ0) is 14.0. The van der Waals surface area contributed by atoms with Crippen molar-refractivity contribution in [3.63, 3.8) is 0 Å². The molecule has 106 valence electrons. The van der Waals surface area contributed by atoms with E-state index in [1.807, 2.05) is 30.3 Å². The molecule has 1 unspecified atom stereocenters. The van der Waals surface area contributed by atoms with Crippen molar-refractivity contribution in [2.75, 3.05) is 24.6 Å². The van der Waals surface area contributed by atoms with Crippen molar-refractivity contribution >= 4 is 16.7 Å². The van der Waals surface area contributed by atoms with Gasteiger partial charge in [-0.05, 0) is 13.3 Å². The van der Waals surface area contributed by atoms with Crippen LogP contribution in [0, 0.1) is 0 Å². The fourth-order valence-corrected chi connectivity index (χ4v) is 3.07. The average Bonchev–Trinajstić information content (AvgIpc) is 2.98. The number of hydrogen-bond acceptors (Lipinski definition) is 5. The van der Waals surface area contributed by atoms with Gasteiger partial charge in [0.2, 0.25) is 5.13 Å². The fourth-order valence-electron chi connectivity index (χ4n) is 2.36. The Morgan fingerprint density at radius 2 is 2.15 bits per heavy atom. The Balaban J connectivity index is 1.80. The van der Waals surface area contributed by atoms with E-state index in [1.165, 1.54) is 11.5 Å². The zero-order valence-corrected chi connectivity index (χ0v) is 12.7. The van der Waals surface area contributed by atoms with Crippen molar-refractivity contribution in [3.05, 3.63) is 30.3 Å². The van der Waals surface area contributed by atoms with Crippen LogP contribution in [-0.4, -0.2) is 34.7 Å². The molecule has 0 spiro atoms. The summed E-state index contributed by atoms with van der Waals surface area (Å²) in [5.74, 6) is 0.815. The zero-order valence-electron chi connectivity index (χ0n) is 11.9. The van der Waals surface area contributed by atoms with Crippen LogP contribution in [0.5, 0.6) is 0 Å². The molecule has 5 heteroatoms. The van der Waals surface area contributed by atoms with Gasteiger partial charge in [0.1, 0.15) is 0 Å². The maximum Gasteiger partial charge on any atom is 0.205 e. The molecule has 1 fully saturated rings. The predicted molar refractivity (Wildman–Crippen MR) is 82.2 cm³/mol. The standard InChI is InChI=1S/C15H19N3OS/c1-3-15(2)11-18(9-10-19-15)14-16-13(17-20-14)12-7-5-4-6-8-12/h4-8H,3,9-11H2,1-2H3. The highest BCUT2D eigenvalue weighted by Gasteiger charge is 2.31. The molecule has 1 aromatic heterocycles. The smallest absolute Gasteiger partial charge is 0.205 e. The lowest BCUT2D eigenvalue weighted by molar-refractivity contribution is -0.0441. The van der Waals surface area contributed by atoms with Crippen LogP contribution in [-0.2, 0) is 4.74 Å². The molecule has 0 aliphatic carbocycles. The van der Waals surface area contributed by atoms with Gasteiger partial charge in [-0.1, -0.05) is 37.3 Å². The van der Waals surface area contributed by atoms with E-state index in [-0.39, 0.29) is 5.60 Å². The van der Waals surface area contributed by atoms with Crippen molar-refractivity contribution in [3.8, 4) is 11.4 Å². The number of aromatic nitrogens is 2. The molecule has 2 heterocycles. The predicted octanol–water partition coefficient (Wildman–Crippen LogP) is 3.21. The van der Waals surface area contributed by atoms with Gasteiger partial charge in [0.25, 0.3) is 0 Å². The van der Waals surface area contributed by atoms with Crippen LogP contribution in [0.3, 0.4) is 0 Å². The van der Waals surface area contributed by atoms with Gasteiger partial charge in [0.15, 0.2) is 5.82 Å². The third-order valence-electron chi connectivity index (χ3n) is 3.80. The molecular weight excluding hydrogens is 270 g/mol. The van der Waals surface area contributed by atoms with Crippen molar-refractivity contribution in [1.29, 1.82) is 0 Å². The second kappa shape index (κ2) is 5.50. The first-order valence-corrected chi connectivity index (χ1v) is 7.75. The highest BCUT2D eigenvalue weighted by molar-refractivity contribution is 7.09. The van der Waals surface area contributed by atoms with Crippen LogP contribution < -0.4 is 4.90 Å². The lowest BCUT2D eigenvalue weighted by Gasteiger charge is -2.39. The Kier molecular flexibility index (Phi) is 3.72. The molecule has 0 radical (unpaired) electrons. The van der Waals surface area contributed by atoms with Crippen molar-refractivity contribution < 1.29 is 4.74 Å². The summed E-state index contributed by atoms with van der Waals surface area (Å²) < 4.78 is 10.4. The molecule has 4 nitrogen and oxygen atoms in total. The molecule has 1 saturated heterocycles. The summed E-state index contributed by atoms with van der Waals surface area (Å²) in [6.45, 7) is 6.85. The molecule has 0 N–H and O–H groups in total. The number of hydrogen-bond donors (Lipinski definition) is 0. The number of anilines is 1. The van der Waals surface area contributed by atoms with Crippen molar-refractivity contribution in [2.24, 2.45) is 0 Å². The van der Waals surface area contributed by atoms with Gasteiger partial charge >= 0.3 is 0 Å². The number of nitrogens with zero attached hydrogens (tertiary/aromatic N) is 3. The molecule has 0 amide bonds. The number of ether oxygens (including phenoxy) is 1. The van der Waals surface area contributed by atoms with E-state index >= 15 is 0 Å². The Morgan fingerprint density at radius 1 is 1.35 bits per heavy atom. The summed E-state index contributed by atoms with van der Waals surface area (Å²) in [5.41, 5.74) is 0.998. The topological polar surface area (TPSA) is 38.2 Å². The summed E-state index contributed by atoms with van der Waals surface area (Å²) in [6.07, 6.45) is 1.01. The first-order valence-electron chi connectivity index (χ1n) is 6.98. The monoisotopic (exact) mass is 289 g/mol. The lowest BCUT2D eigenvalue weighted by Crippen LogP contribution is -2.49. The normalized spacial score (nSPS) is 23.0. The molecule has 2 aromatic rings. The van der Waals surface area contributed by atoms with Gasteiger partial charge in [-0.15, -0.1) is 0 Å². The first kappa shape index (κ1) is 13.5. The largest absolute Gasteiger partial charge is 0.372 e. The van der Waals surface area contributed by atoms with Gasteiger partial charge < -0.3 is 9.64 Å². The molecule has 1 atom stereocenters. The van der Waals surface area contributed by atoms with Crippen LogP contribution in [0.4, 0.5) is 5.13 Å². The van der Waals surface area contributed by atoms with Crippen molar-refractivity contribution in [2.45, 2.75) is 25.9 Å². The SMILES string of the molecule is CCC1(C)CN(c2nc(-c3ccccc3)ns2)CCO1. The van der Waals surface area contributed by atoms with Crippen LogP contribution in [0.2, 0.25) is 0 Å². The van der Waals surface area contributed by atoms with Crippen molar-refractivity contribution in [1.82, 2.24) is 9.36 Å². The minimum atomic E-state index is -0.0726. The Bertz CT molecular complexity index is 572. The molecule has 0 bridgehead atoms. The summed E-state index contributed by atoms with van der Waals surface area (Å²) in [5, 5.41) is 0.992. The van der Waals surface area contributed by atoms with Gasteiger partial charge in [-0.3, -0.25) is 0 Å². The summed E-state index contributed by atoms with van der Waals surface area (Å²) in [4.78, 5) is 6.97. The molecule has 3 rings (SSSR count). The van der Waals surface area contributed by atoms with Crippen LogP contribution >= 0.6 is 11.5 Å². The summed E-state index contributed by atoms with van der Waals surface area (Å²) in [6, 6.07) is 10.1. The third kappa shape index (κ3) is 2.69. The summed E-state index contributed by atoms with van der Waals surface area (Å²) >= 11 is 1.47. The minimum absolute atomic E-state index is 0.0726. The molecule has 1 aliphatic heterocycles. The Hall–Kier alpha value is -1.46. The van der Waals surface area contributed by atoms with Crippen LogP contribution in [0.15, 0.2) is 30.3 Å². The van der Waals surface area contributed by atoms with Gasteiger partial charge in [-0.2, -0.15) is 9.36 Å². The quantitative estimate of drug-likeness (QED) is 0.869. The third-order valence-corrected chi connectivity index (χ3v) is 4.58. The number of rotatable bonds is 3. The van der Waals surface area contributed by atoms with E-state index in [1.54, 1.807) is 0 Å². The highest BCUT2D eigenvalue weighted by Crippen LogP contribution is 2.28. The number of morpholine rings is 1. The highest BCUT2D eigenvalue weighted by atomic mass is 32.1. The first-order chi connectivity index (χ1) is 9.70. The molecule has 1 aliphatic rings. The molecule has 1 aromatic carbocycles. The number of benzene rings is 1. The van der Waals surface area contributed by atoms with Crippen LogP contribution in [0.1, 0.15) is 20.3 Å². The molecular formula is C15H19N3OS. The fraction of sp³-hybridized carbons (Fsp3) is 0.467. The van der Waals surface area contributed by atoms with Gasteiger partial charge in [0, 0.05) is 30.2 Å². The van der Waals surface area contributed by atoms with Crippen LogP contribution in [0.25, 0.3) is 11.4 Å². The second-order valence-corrected chi connectivity index (χ2v) is 6.07. The van der Waals surface area contributed by atoms with E-state index in [0.717, 1.165) is 42.6 Å². The van der Waals surface area contributed by atoms with E-state index < -0.39 is 0 Å². The lowest BCUT2D eigenvalue weighted by atomic mass is 10.0. The van der Waals surface area contributed by atoms with E-state index in [9.17, 15) is 0 Å². The Labute approximate surface area is 123 Å². The maximum atomic E-state index is 5.87. The van der Waals surface area contributed by atoms with E-state index in [0.29, 0.717) is 0 Å². The molecule has 20 heavy (non-hydrogen) atoms. The van der Waals surface area contributed by atoms with Gasteiger partial charge in [-0.25, -0.2) is 0 Å². The maximum absolute atomic E-state index is 5.87. The Morgan fingerprint density at radius 3 is 2.90 bits per heavy atom. The van der Waals surface area contributed by atoms with Gasteiger partial charge in [0.05, 0.1) is 12.2 Å². The second-order valence-electron chi connectivity index (χ2n) is 5.34. The van der Waals surface area contributed by atoms with E-state index in [4.69, 9.17) is 4.74 Å². The average molecular weight is 289 g/mol. The molecule has 0 saturated carbocycles. The van der Waals surface area contributed by atoms with E-state index in [2.05, 4.69) is 28.1 Å². The summed E-state index contributed by atoms with van der Waals surface area (Å²) in [7, 11) is 0.